The SMILES string of the molecule is C[C@@H](OS(=O)(=O)c1cccc2ccccc12)C(=O)c1ccc(Br)cc1. The van der Waals surface area contributed by atoms with Crippen molar-refractivity contribution in [2.75, 3.05) is 0 Å². The molecule has 1 atom stereocenters. The highest BCUT2D eigenvalue weighted by molar-refractivity contribution is 9.10. The average molecular weight is 419 g/mol. The summed E-state index contributed by atoms with van der Waals surface area (Å²) < 4.78 is 31.4. The minimum Gasteiger partial charge on any atom is -0.291 e. The van der Waals surface area contributed by atoms with Crippen LogP contribution in [-0.4, -0.2) is 20.3 Å². The van der Waals surface area contributed by atoms with Gasteiger partial charge >= 0.3 is 0 Å². The van der Waals surface area contributed by atoms with Crippen molar-refractivity contribution in [3.8, 4) is 0 Å². The Bertz CT molecular complexity index is 1020. The summed E-state index contributed by atoms with van der Waals surface area (Å²) in [5.74, 6) is -0.392. The Hall–Kier alpha value is -2.02. The quantitative estimate of drug-likeness (QED) is 0.449. The molecule has 0 amide bonds. The summed E-state index contributed by atoms with van der Waals surface area (Å²) in [6.07, 6.45) is -1.12. The van der Waals surface area contributed by atoms with Gasteiger partial charge in [-0.2, -0.15) is 8.42 Å². The predicted octanol–water partition coefficient (Wildman–Crippen LogP) is 4.58. The molecule has 0 spiro atoms. The Balaban J connectivity index is 1.90. The first-order valence-corrected chi connectivity index (χ1v) is 9.79. The topological polar surface area (TPSA) is 60.4 Å². The Morgan fingerprint density at radius 2 is 1.60 bits per heavy atom. The number of ketones is 1. The van der Waals surface area contributed by atoms with E-state index < -0.39 is 22.0 Å². The van der Waals surface area contributed by atoms with Crippen molar-refractivity contribution < 1.29 is 17.4 Å². The molecule has 4 nitrogen and oxygen atoms in total. The van der Waals surface area contributed by atoms with Crippen molar-refractivity contribution >= 4 is 42.6 Å². The molecule has 0 aromatic heterocycles. The molecule has 128 valence electrons. The van der Waals surface area contributed by atoms with Crippen LogP contribution in [0, 0.1) is 0 Å². The van der Waals surface area contributed by atoms with Gasteiger partial charge in [0.05, 0.1) is 0 Å². The normalized spacial score (nSPS) is 12.9. The number of hydrogen-bond acceptors (Lipinski definition) is 4. The average Bonchev–Trinajstić information content (AvgIpc) is 2.61. The number of hydrogen-bond donors (Lipinski definition) is 0. The molecule has 0 saturated carbocycles. The minimum absolute atomic E-state index is 0.0565. The van der Waals surface area contributed by atoms with Gasteiger partial charge in [-0.1, -0.05) is 64.5 Å². The standard InChI is InChI=1S/C19H15BrO4S/c1-13(19(21)15-9-11-16(20)12-10-15)24-25(22,23)18-8-4-6-14-5-2-3-7-17(14)18/h2-13H,1H3/t13-/m1/s1. The molecule has 3 aromatic carbocycles. The van der Waals surface area contributed by atoms with Crippen LogP contribution in [0.2, 0.25) is 0 Å². The van der Waals surface area contributed by atoms with Gasteiger partial charge in [0.2, 0.25) is 0 Å². The second-order valence-corrected chi connectivity index (χ2v) is 8.00. The Kier molecular flexibility index (Phi) is 5.03. The zero-order chi connectivity index (χ0) is 18.0. The number of rotatable bonds is 5. The van der Waals surface area contributed by atoms with E-state index >= 15 is 0 Å². The maximum Gasteiger partial charge on any atom is 0.298 e. The van der Waals surface area contributed by atoms with E-state index in [-0.39, 0.29) is 4.90 Å². The summed E-state index contributed by atoms with van der Waals surface area (Å²) in [7, 11) is -4.08. The van der Waals surface area contributed by atoms with E-state index in [2.05, 4.69) is 15.9 Å². The van der Waals surface area contributed by atoms with Crippen molar-refractivity contribution in [3.63, 3.8) is 0 Å². The van der Waals surface area contributed by atoms with Crippen LogP contribution in [-0.2, 0) is 14.3 Å². The number of Topliss-reactive ketones (excluding diaryl/α,β-unsaturated/α-hetero) is 1. The van der Waals surface area contributed by atoms with E-state index in [0.29, 0.717) is 10.9 Å². The maximum atomic E-state index is 12.7. The highest BCUT2D eigenvalue weighted by Gasteiger charge is 2.26. The molecule has 3 rings (SSSR count). The molecular formula is C19H15BrO4S. The predicted molar refractivity (Wildman–Crippen MR) is 100 cm³/mol. The van der Waals surface area contributed by atoms with E-state index in [4.69, 9.17) is 4.18 Å². The zero-order valence-corrected chi connectivity index (χ0v) is 15.7. The molecule has 0 unspecified atom stereocenters. The Morgan fingerprint density at radius 1 is 0.960 bits per heavy atom. The summed E-state index contributed by atoms with van der Waals surface area (Å²) in [4.78, 5) is 12.5. The zero-order valence-electron chi connectivity index (χ0n) is 13.3. The van der Waals surface area contributed by atoms with Crippen LogP contribution in [0.25, 0.3) is 10.8 Å². The van der Waals surface area contributed by atoms with E-state index in [0.717, 1.165) is 9.86 Å². The van der Waals surface area contributed by atoms with Crippen molar-refractivity contribution in [1.82, 2.24) is 0 Å². The molecule has 0 aliphatic heterocycles. The van der Waals surface area contributed by atoms with E-state index in [9.17, 15) is 13.2 Å². The maximum absolute atomic E-state index is 12.7. The van der Waals surface area contributed by atoms with Crippen LogP contribution in [0.5, 0.6) is 0 Å². The third-order valence-corrected chi connectivity index (χ3v) is 5.75. The van der Waals surface area contributed by atoms with E-state index in [1.807, 2.05) is 18.2 Å². The van der Waals surface area contributed by atoms with Gasteiger partial charge in [0, 0.05) is 15.4 Å². The fourth-order valence-corrected chi connectivity index (χ4v) is 4.08. The van der Waals surface area contributed by atoms with Crippen LogP contribution in [0.3, 0.4) is 0 Å². The monoisotopic (exact) mass is 418 g/mol. The van der Waals surface area contributed by atoms with Gasteiger partial charge in [-0.15, -0.1) is 0 Å². The lowest BCUT2D eigenvalue weighted by Gasteiger charge is -2.13. The molecule has 0 saturated heterocycles. The molecule has 0 aliphatic rings. The lowest BCUT2D eigenvalue weighted by Crippen LogP contribution is -2.24. The van der Waals surface area contributed by atoms with Gasteiger partial charge < -0.3 is 0 Å². The van der Waals surface area contributed by atoms with Crippen LogP contribution in [0.1, 0.15) is 17.3 Å². The molecule has 0 radical (unpaired) electrons. The van der Waals surface area contributed by atoms with Crippen molar-refractivity contribution in [2.24, 2.45) is 0 Å². The third-order valence-electron chi connectivity index (χ3n) is 3.79. The van der Waals surface area contributed by atoms with Gasteiger partial charge in [-0.25, -0.2) is 0 Å². The van der Waals surface area contributed by atoms with Crippen LogP contribution >= 0.6 is 15.9 Å². The van der Waals surface area contributed by atoms with Crippen molar-refractivity contribution in [1.29, 1.82) is 0 Å². The summed E-state index contributed by atoms with van der Waals surface area (Å²) in [5.41, 5.74) is 0.392. The second-order valence-electron chi connectivity index (χ2n) is 5.54. The summed E-state index contributed by atoms with van der Waals surface area (Å²) >= 11 is 3.30. The van der Waals surface area contributed by atoms with Gasteiger partial charge in [-0.05, 0) is 30.5 Å². The number of halogens is 1. The van der Waals surface area contributed by atoms with E-state index in [1.165, 1.54) is 13.0 Å². The minimum atomic E-state index is -4.08. The molecule has 0 N–H and O–H groups in total. The largest absolute Gasteiger partial charge is 0.298 e. The third kappa shape index (κ3) is 3.81. The fourth-order valence-electron chi connectivity index (χ4n) is 2.55. The second kappa shape index (κ2) is 7.07. The molecule has 0 bridgehead atoms. The van der Waals surface area contributed by atoms with Gasteiger partial charge in [0.25, 0.3) is 10.1 Å². The van der Waals surface area contributed by atoms with Gasteiger partial charge in [0.1, 0.15) is 11.0 Å². The molecule has 0 heterocycles. The van der Waals surface area contributed by atoms with Crippen molar-refractivity contribution in [2.45, 2.75) is 17.9 Å². The van der Waals surface area contributed by atoms with Gasteiger partial charge in [0.15, 0.2) is 5.78 Å². The summed E-state index contributed by atoms with van der Waals surface area (Å²) in [6.45, 7) is 1.44. The lowest BCUT2D eigenvalue weighted by atomic mass is 10.1. The first-order valence-electron chi connectivity index (χ1n) is 7.59. The highest BCUT2D eigenvalue weighted by atomic mass is 79.9. The first-order chi connectivity index (χ1) is 11.9. The number of carbonyl (C=O) groups is 1. The summed E-state index contributed by atoms with van der Waals surface area (Å²) in [5, 5.41) is 1.35. The molecule has 25 heavy (non-hydrogen) atoms. The van der Waals surface area contributed by atoms with Crippen LogP contribution < -0.4 is 0 Å². The lowest BCUT2D eigenvalue weighted by molar-refractivity contribution is 0.0826. The highest BCUT2D eigenvalue weighted by Crippen LogP contribution is 2.25. The molecule has 0 aliphatic carbocycles. The molecule has 3 aromatic rings. The number of carbonyl (C=O) groups excluding carboxylic acids is 1. The van der Waals surface area contributed by atoms with Crippen molar-refractivity contribution in [3.05, 3.63) is 76.8 Å². The molecule has 6 heteroatoms. The Labute approximate surface area is 154 Å². The fraction of sp³-hybridized carbons (Fsp3) is 0.105. The summed E-state index contributed by atoms with van der Waals surface area (Å²) in [6, 6.07) is 18.8. The Morgan fingerprint density at radius 3 is 2.32 bits per heavy atom. The van der Waals surface area contributed by atoms with Gasteiger partial charge in [-0.3, -0.25) is 8.98 Å². The first kappa shape index (κ1) is 17.8. The smallest absolute Gasteiger partial charge is 0.291 e. The molecule has 0 fully saturated rings. The van der Waals surface area contributed by atoms with Crippen LogP contribution in [0.15, 0.2) is 76.1 Å². The van der Waals surface area contributed by atoms with Crippen LogP contribution in [0.4, 0.5) is 0 Å². The number of benzene rings is 3. The molecular weight excluding hydrogens is 404 g/mol. The number of fused-ring (bicyclic) bond motifs is 1. The van der Waals surface area contributed by atoms with E-state index in [1.54, 1.807) is 42.5 Å².